The smallest absolute Gasteiger partial charge is 0.226 e. The molecule has 11 aromatic rings. The zero-order chi connectivity index (χ0) is 85.3. The fourth-order valence-corrected chi connectivity index (χ4v) is 22.1. The van der Waals surface area contributed by atoms with E-state index in [2.05, 4.69) is 179 Å². The number of benzene rings is 5. The van der Waals surface area contributed by atoms with Crippen LogP contribution in [0.15, 0.2) is 197 Å². The van der Waals surface area contributed by atoms with Crippen molar-refractivity contribution in [2.75, 3.05) is 7.05 Å². The summed E-state index contributed by atoms with van der Waals surface area (Å²) in [5.41, 5.74) is 28.0. The molecule has 0 radical (unpaired) electrons. The van der Waals surface area contributed by atoms with Gasteiger partial charge in [-0.05, 0) is 126 Å². The van der Waals surface area contributed by atoms with Gasteiger partial charge in [-0.15, -0.1) is 0 Å². The quantitative estimate of drug-likeness (QED) is 0.0405. The van der Waals surface area contributed by atoms with Gasteiger partial charge in [0.2, 0.25) is 11.4 Å². The molecule has 618 valence electrons. The summed E-state index contributed by atoms with van der Waals surface area (Å²) in [7, 11) is 8.71. The summed E-state index contributed by atoms with van der Waals surface area (Å²) in [6, 6.07) is 52.0. The maximum absolute atomic E-state index is 12.1. The number of ketones is 3. The Morgan fingerprint density at radius 1 is 0.517 bits per heavy atom. The standard InChI is InChI=1S/C20H21N3O.C20H19N3O.C19H19N3O.C19H20N2O2.C19H22N2O.CH5NO.CH4/c2*1-20-12-16(21-2)17(24)11-14(20)9-10-15-18(23(3)22-19(15)20)13-7-5-4-6-8-13;1-19-10-13-11-20-23-16(13)9-14(19)7-8-15-17(21-22-18(15)19)12-5-3-2-4-6-12;1-19-10-13(11-22)16(23)9-14(19)7-8-15-17(20-21-18(15)19)12-5-3-2-4-6-12;1-19-11-10-15(22)12-14(19)8-9-16-17(21(2)20-18(16)19)13-6-4-3-5-7-13;1-2-3;/h4-8,14,24H,9-12H2,1,3H3;4-8,12,14H,9-11H2,1,3H3;2-6,11,14H,7-10H2,1H3,(H,21,22);2-6,11,14,22H,7-10H2,1H3,(H,20,21);3-7,14H,8-12H2,1-2H3;2-3H,1H3;1H4/b;;;13-11-;;;/t2*14-,20-;3*14-,19-;;/m00000../s1/i;;;;;;1T. The number of fused-ring (bicyclic) bond motifs is 16. The molecule has 10 atom stereocenters. The number of aliphatic hydroxyl groups is 2. The van der Waals surface area contributed by atoms with Gasteiger partial charge in [0.15, 0.2) is 11.6 Å². The second kappa shape index (κ2) is 33.7. The van der Waals surface area contributed by atoms with Crippen molar-refractivity contribution in [3.63, 3.8) is 0 Å². The first-order valence-electron chi connectivity index (χ1n) is 43.1. The third kappa shape index (κ3) is 14.8. The van der Waals surface area contributed by atoms with E-state index in [-0.39, 0.29) is 56.0 Å². The lowest BCUT2D eigenvalue weighted by Crippen LogP contribution is -2.43. The van der Waals surface area contributed by atoms with Gasteiger partial charge < -0.3 is 24.7 Å². The van der Waals surface area contributed by atoms with Crippen LogP contribution in [0, 0.1) is 42.7 Å². The summed E-state index contributed by atoms with van der Waals surface area (Å²) in [5, 5.41) is 61.4. The van der Waals surface area contributed by atoms with Crippen molar-refractivity contribution in [2.24, 2.45) is 50.7 Å². The Bertz CT molecular complexity index is 5840. The molecule has 6 heterocycles. The minimum Gasteiger partial charge on any atom is -0.524 e. The van der Waals surface area contributed by atoms with E-state index < -0.39 is 0 Å². The number of aliphatic hydroxyl groups excluding tert-OH is 2. The van der Waals surface area contributed by atoms with Gasteiger partial charge in [-0.2, -0.15) is 25.5 Å². The summed E-state index contributed by atoms with van der Waals surface area (Å²) in [5.74, 6) is 3.85. The second-order valence-corrected chi connectivity index (χ2v) is 35.4. The number of hydrogen-bond acceptors (Lipinski definition) is 14. The van der Waals surface area contributed by atoms with Crippen LogP contribution in [0.1, 0.15) is 194 Å². The van der Waals surface area contributed by atoms with Crippen molar-refractivity contribution in [1.29, 1.82) is 0 Å². The fraction of sp³-hybridized carbons (Fsp3) is 0.404. The molecule has 120 heavy (non-hydrogen) atoms. The van der Waals surface area contributed by atoms with Gasteiger partial charge in [-0.3, -0.25) is 33.8 Å². The zero-order valence-corrected chi connectivity index (χ0v) is 70.6. The highest BCUT2D eigenvalue weighted by atomic mass is 16.5. The van der Waals surface area contributed by atoms with Crippen molar-refractivity contribution in [2.45, 2.75) is 198 Å². The number of nitrogens with one attached hydrogen (secondary N) is 3. The molecule has 5 aromatic carbocycles. The lowest BCUT2D eigenvalue weighted by molar-refractivity contribution is -0.123. The first-order valence-corrected chi connectivity index (χ1v) is 42.1. The minimum absolute atomic E-state index is 0.0184. The van der Waals surface area contributed by atoms with Crippen LogP contribution in [-0.2, 0) is 108 Å². The first kappa shape index (κ1) is 81.8. The average molecular weight is 1610 g/mol. The molecule has 6 N–H and O–H groups in total. The third-order valence-corrected chi connectivity index (χ3v) is 28.6. The van der Waals surface area contributed by atoms with Gasteiger partial charge in [-0.1, -0.05) is 205 Å². The minimum atomic E-state index is -0.327. The molecule has 2 fully saturated rings. The number of aryl methyl sites for hydroxylation is 3. The molecule has 21 rings (SSSR count). The second-order valence-electron chi connectivity index (χ2n) is 35.4. The van der Waals surface area contributed by atoms with E-state index in [9.17, 15) is 24.6 Å². The molecular formula is C99H110N14O7. The maximum Gasteiger partial charge on any atom is 0.226 e. The van der Waals surface area contributed by atoms with Crippen LogP contribution in [0.2, 0.25) is 0 Å². The molecule has 0 spiro atoms. The Kier molecular flexibility index (Phi) is 23.0. The molecule has 21 nitrogen and oxygen atoms in total. The Labute approximate surface area is 704 Å². The Balaban J connectivity index is 0.000000116. The topological polar surface area (TPSA) is 270 Å². The predicted molar refractivity (Wildman–Crippen MR) is 465 cm³/mol. The highest BCUT2D eigenvalue weighted by Gasteiger charge is 2.53. The van der Waals surface area contributed by atoms with Crippen molar-refractivity contribution >= 4 is 17.3 Å². The molecule has 10 aliphatic carbocycles. The lowest BCUT2D eigenvalue weighted by atomic mass is 9.59. The Morgan fingerprint density at radius 3 is 1.40 bits per heavy atom. The molecule has 0 saturated heterocycles. The van der Waals surface area contributed by atoms with E-state index in [1.54, 1.807) is 5.48 Å². The summed E-state index contributed by atoms with van der Waals surface area (Å²) < 4.78 is 17.2. The number of nitrogens with zero attached hydrogens (tertiary/aromatic N) is 11. The number of H-pyrrole nitrogens is 2. The van der Waals surface area contributed by atoms with E-state index in [4.69, 9.17) is 39.5 Å². The van der Waals surface area contributed by atoms with Gasteiger partial charge in [0.25, 0.3) is 0 Å². The summed E-state index contributed by atoms with van der Waals surface area (Å²) >= 11 is 0. The number of rotatable bonds is 5. The number of hydrogen-bond donors (Lipinski definition) is 6. The van der Waals surface area contributed by atoms with E-state index in [0.29, 0.717) is 79.2 Å². The summed E-state index contributed by atoms with van der Waals surface area (Å²) in [4.78, 5) is 43.1. The van der Waals surface area contributed by atoms with Crippen LogP contribution in [0.25, 0.3) is 66.0 Å². The first-order chi connectivity index (χ1) is 58.5. The number of aromatic amines is 2. The molecule has 10 aliphatic rings. The normalized spacial score (nSPS) is 25.8. The van der Waals surface area contributed by atoms with Gasteiger partial charge in [-0.25, -0.2) is 15.2 Å². The van der Waals surface area contributed by atoms with Crippen LogP contribution >= 0.6 is 0 Å². The maximum atomic E-state index is 12.1. The van der Waals surface area contributed by atoms with Gasteiger partial charge in [0.1, 0.15) is 11.5 Å². The Morgan fingerprint density at radius 2 is 0.925 bits per heavy atom. The number of hydroxylamine groups is 1. The largest absolute Gasteiger partial charge is 0.524 e. The molecule has 0 amide bonds. The number of allylic oxidation sites excluding steroid dienone is 5. The molecule has 2 saturated carbocycles. The van der Waals surface area contributed by atoms with Crippen LogP contribution in [0.5, 0.6) is 0 Å². The third-order valence-electron chi connectivity index (χ3n) is 28.6. The molecule has 21 heteroatoms. The number of carbonyl (C=O) groups is 3. The molecule has 6 aromatic heterocycles. The summed E-state index contributed by atoms with van der Waals surface area (Å²) in [6.07, 6.45) is 22.2. The van der Waals surface area contributed by atoms with Crippen LogP contribution in [0.3, 0.4) is 0 Å². The van der Waals surface area contributed by atoms with Crippen LogP contribution < -0.4 is 5.48 Å². The van der Waals surface area contributed by atoms with E-state index in [1.807, 2.05) is 89.9 Å². The summed E-state index contributed by atoms with van der Waals surface area (Å²) in [6.45, 7) is 25.9. The van der Waals surface area contributed by atoms with Crippen molar-refractivity contribution < 1.29 is 35.7 Å². The lowest BCUT2D eigenvalue weighted by Gasteiger charge is -2.44. The highest BCUT2D eigenvalue weighted by molar-refractivity contribution is 5.99. The van der Waals surface area contributed by atoms with Gasteiger partial charge in [0.05, 0.1) is 76.9 Å². The van der Waals surface area contributed by atoms with Crippen molar-refractivity contribution in [3.8, 4) is 56.3 Å². The van der Waals surface area contributed by atoms with E-state index >= 15 is 0 Å². The average Bonchev–Trinajstić information content (AvgIpc) is 1.66. The van der Waals surface area contributed by atoms with Gasteiger partial charge >= 0.3 is 0 Å². The molecule has 0 aliphatic heterocycles. The van der Waals surface area contributed by atoms with Crippen molar-refractivity contribution in [3.05, 3.63) is 283 Å². The van der Waals surface area contributed by atoms with E-state index in [1.165, 1.54) is 93.7 Å². The zero-order valence-electron chi connectivity index (χ0n) is 71.6. The number of Topliss-reactive ketones (excluding diaryl/α,β-unsaturated/α-hetero) is 3. The Hall–Kier alpha value is -11.9. The molecule has 0 bridgehead atoms. The van der Waals surface area contributed by atoms with Gasteiger partial charge in [0, 0.05) is 167 Å². The molecular weight excluding hydrogens is 1500 g/mol. The highest BCUT2D eigenvalue weighted by Crippen LogP contribution is 2.57. The number of carbonyl (C=O) groups excluding carboxylic acids is 3. The number of aromatic nitrogens is 11. The monoisotopic (exact) mass is 1610 g/mol. The van der Waals surface area contributed by atoms with E-state index in [0.717, 1.165) is 141 Å². The predicted octanol–water partition coefficient (Wildman–Crippen LogP) is 19.3. The van der Waals surface area contributed by atoms with Crippen molar-refractivity contribution in [1.82, 2.24) is 60.4 Å². The fourth-order valence-electron chi connectivity index (χ4n) is 22.1. The van der Waals surface area contributed by atoms with Crippen LogP contribution in [0.4, 0.5) is 0 Å². The van der Waals surface area contributed by atoms with Crippen LogP contribution in [-0.4, -0.2) is 94.7 Å². The SMILES string of the molecule is CNO.C[C@]12C/C(=C/O)C(=O)C[C@@H]1CCc1c(-c3ccccc3)n[nH]c12.C[C@]12Cc3cnoc3C[C@@H]1CCc1c(-c3ccccc3)n[nH]c12.Cn1nc2c(c1-c1ccccc1)CC[C@H]1CC(=O)CC[C@]21C.[3H]C.[C-]#[N+]C1=C(O)C[C@@H]2CCc3c(nn(C)c3-c3ccccc3)[C@@]2(C)C1.[C-]#[N+]C1=C[C@]2(C)c3nn(C)c(-c4ccccc4)c3CC[C@H]2CC1=O. The molecule has 0 unspecified atom stereocenters.